The van der Waals surface area contributed by atoms with Gasteiger partial charge < -0.3 is 0 Å². The van der Waals surface area contributed by atoms with Gasteiger partial charge in [0.15, 0.2) is 0 Å². The van der Waals surface area contributed by atoms with Crippen molar-refractivity contribution in [1.29, 1.82) is 0 Å². The lowest BCUT2D eigenvalue weighted by atomic mass is 9.69. The molecule has 0 heterocycles. The average molecular weight is 261 g/mol. The summed E-state index contributed by atoms with van der Waals surface area (Å²) in [6.07, 6.45) is 8.72. The van der Waals surface area contributed by atoms with Crippen LogP contribution in [0.4, 0.5) is 0 Å². The van der Waals surface area contributed by atoms with Crippen molar-refractivity contribution in [2.75, 3.05) is 5.33 Å². The minimum Gasteiger partial charge on any atom is -0.0922 e. The maximum absolute atomic E-state index is 3.65. The molecule has 0 aromatic rings. The highest BCUT2D eigenvalue weighted by Crippen LogP contribution is 2.42. The summed E-state index contributed by atoms with van der Waals surface area (Å²) in [7, 11) is 0. The average Bonchev–Trinajstić information content (AvgIpc) is 2.19. The van der Waals surface area contributed by atoms with Crippen molar-refractivity contribution in [3.63, 3.8) is 0 Å². The van der Waals surface area contributed by atoms with E-state index in [9.17, 15) is 0 Å². The first-order valence-corrected chi connectivity index (χ1v) is 7.28. The standard InChI is InChI=1S/C13H25Br/c1-4-5-11-6-8-12(9-7-11)13(2,3)10-14/h11-12H,4-10H2,1-3H3. The quantitative estimate of drug-likeness (QED) is 0.624. The van der Waals surface area contributed by atoms with Gasteiger partial charge in [-0.1, -0.05) is 62.4 Å². The summed E-state index contributed by atoms with van der Waals surface area (Å²) in [5, 5.41) is 1.16. The molecule has 84 valence electrons. The van der Waals surface area contributed by atoms with E-state index >= 15 is 0 Å². The minimum atomic E-state index is 0.511. The lowest BCUT2D eigenvalue weighted by Gasteiger charge is -2.38. The van der Waals surface area contributed by atoms with Crippen molar-refractivity contribution in [2.24, 2.45) is 17.3 Å². The maximum atomic E-state index is 3.65. The highest BCUT2D eigenvalue weighted by Gasteiger charge is 2.31. The van der Waals surface area contributed by atoms with Crippen LogP contribution in [0.25, 0.3) is 0 Å². The van der Waals surface area contributed by atoms with E-state index < -0.39 is 0 Å². The molecule has 1 saturated carbocycles. The third-order valence-corrected chi connectivity index (χ3v) is 5.44. The van der Waals surface area contributed by atoms with Gasteiger partial charge in [-0.25, -0.2) is 0 Å². The molecule has 0 nitrogen and oxygen atoms in total. The Labute approximate surface area is 98.0 Å². The van der Waals surface area contributed by atoms with Gasteiger partial charge in [0.2, 0.25) is 0 Å². The summed E-state index contributed by atoms with van der Waals surface area (Å²) < 4.78 is 0. The van der Waals surface area contributed by atoms with Gasteiger partial charge in [-0.3, -0.25) is 0 Å². The van der Waals surface area contributed by atoms with Crippen LogP contribution in [0.15, 0.2) is 0 Å². The van der Waals surface area contributed by atoms with Crippen LogP contribution in [0.5, 0.6) is 0 Å². The number of halogens is 1. The zero-order valence-electron chi connectivity index (χ0n) is 9.98. The first kappa shape index (κ1) is 12.5. The number of alkyl halides is 1. The molecule has 14 heavy (non-hydrogen) atoms. The first-order valence-electron chi connectivity index (χ1n) is 6.16. The van der Waals surface area contributed by atoms with E-state index in [4.69, 9.17) is 0 Å². The van der Waals surface area contributed by atoms with Crippen LogP contribution in [0, 0.1) is 17.3 Å². The highest BCUT2D eigenvalue weighted by molar-refractivity contribution is 9.09. The number of hydrogen-bond donors (Lipinski definition) is 0. The Balaban J connectivity index is 2.35. The Morgan fingerprint density at radius 1 is 1.14 bits per heavy atom. The predicted molar refractivity (Wildman–Crippen MR) is 67.9 cm³/mol. The molecule has 1 rings (SSSR count). The summed E-state index contributed by atoms with van der Waals surface area (Å²) in [5.74, 6) is 2.00. The molecule has 0 saturated heterocycles. The molecule has 0 amide bonds. The zero-order valence-corrected chi connectivity index (χ0v) is 11.6. The van der Waals surface area contributed by atoms with Crippen molar-refractivity contribution in [3.05, 3.63) is 0 Å². The molecular weight excluding hydrogens is 236 g/mol. The van der Waals surface area contributed by atoms with Crippen LogP contribution >= 0.6 is 15.9 Å². The molecule has 1 aliphatic rings. The second-order valence-corrected chi connectivity index (χ2v) is 6.19. The predicted octanol–water partition coefficient (Wildman–Crippen LogP) is 5.01. The molecule has 1 aliphatic carbocycles. The summed E-state index contributed by atoms with van der Waals surface area (Å²) in [4.78, 5) is 0. The Kier molecular flexibility index (Phi) is 4.96. The van der Waals surface area contributed by atoms with Crippen molar-refractivity contribution in [2.45, 2.75) is 59.3 Å². The molecule has 0 spiro atoms. The van der Waals surface area contributed by atoms with Crippen LogP contribution in [0.1, 0.15) is 59.3 Å². The molecule has 1 fully saturated rings. The molecule has 0 aromatic carbocycles. The van der Waals surface area contributed by atoms with Gasteiger partial charge in [0.1, 0.15) is 0 Å². The lowest BCUT2D eigenvalue weighted by molar-refractivity contribution is 0.151. The van der Waals surface area contributed by atoms with Crippen molar-refractivity contribution in [3.8, 4) is 0 Å². The normalized spacial score (nSPS) is 29.1. The van der Waals surface area contributed by atoms with E-state index in [-0.39, 0.29) is 0 Å². The van der Waals surface area contributed by atoms with Crippen LogP contribution in [-0.2, 0) is 0 Å². The molecule has 0 bridgehead atoms. The van der Waals surface area contributed by atoms with Gasteiger partial charge in [0.25, 0.3) is 0 Å². The van der Waals surface area contributed by atoms with E-state index in [2.05, 4.69) is 36.7 Å². The SMILES string of the molecule is CCCC1CCC(C(C)(C)CBr)CC1. The van der Waals surface area contributed by atoms with Crippen molar-refractivity contribution < 1.29 is 0 Å². The fourth-order valence-electron chi connectivity index (χ4n) is 2.75. The monoisotopic (exact) mass is 260 g/mol. The smallest absolute Gasteiger partial charge is 0.00853 e. The van der Waals surface area contributed by atoms with Crippen molar-refractivity contribution >= 4 is 15.9 Å². The van der Waals surface area contributed by atoms with E-state index in [1.54, 1.807) is 0 Å². The van der Waals surface area contributed by atoms with Gasteiger partial charge >= 0.3 is 0 Å². The van der Waals surface area contributed by atoms with Crippen LogP contribution in [0.3, 0.4) is 0 Å². The van der Waals surface area contributed by atoms with Gasteiger partial charge in [0, 0.05) is 5.33 Å². The van der Waals surface area contributed by atoms with Crippen LogP contribution < -0.4 is 0 Å². The second kappa shape index (κ2) is 5.53. The topological polar surface area (TPSA) is 0 Å². The Morgan fingerprint density at radius 3 is 2.14 bits per heavy atom. The fourth-order valence-corrected chi connectivity index (χ4v) is 3.21. The molecule has 0 N–H and O–H groups in total. The van der Waals surface area contributed by atoms with Crippen LogP contribution in [-0.4, -0.2) is 5.33 Å². The third kappa shape index (κ3) is 3.25. The molecule has 0 aliphatic heterocycles. The highest BCUT2D eigenvalue weighted by atomic mass is 79.9. The Morgan fingerprint density at radius 2 is 1.71 bits per heavy atom. The largest absolute Gasteiger partial charge is 0.0922 e. The Hall–Kier alpha value is 0.480. The molecule has 0 radical (unpaired) electrons. The molecular formula is C13H25Br. The number of hydrogen-bond acceptors (Lipinski definition) is 0. The summed E-state index contributed by atoms with van der Waals surface area (Å²) in [6.45, 7) is 7.13. The van der Waals surface area contributed by atoms with Crippen molar-refractivity contribution in [1.82, 2.24) is 0 Å². The molecule has 1 heteroatoms. The van der Waals surface area contributed by atoms with Gasteiger partial charge in [-0.15, -0.1) is 0 Å². The van der Waals surface area contributed by atoms with Gasteiger partial charge in [-0.05, 0) is 30.1 Å². The minimum absolute atomic E-state index is 0.511. The van der Waals surface area contributed by atoms with E-state index in [1.165, 1.54) is 38.5 Å². The fraction of sp³-hybridized carbons (Fsp3) is 1.00. The van der Waals surface area contributed by atoms with E-state index in [1.807, 2.05) is 0 Å². The summed E-state index contributed by atoms with van der Waals surface area (Å²) >= 11 is 3.65. The van der Waals surface area contributed by atoms with E-state index in [0.29, 0.717) is 5.41 Å². The second-order valence-electron chi connectivity index (χ2n) is 5.63. The van der Waals surface area contributed by atoms with Crippen LogP contribution in [0.2, 0.25) is 0 Å². The van der Waals surface area contributed by atoms with Gasteiger partial charge in [0.05, 0.1) is 0 Å². The zero-order chi connectivity index (χ0) is 10.6. The Bertz CT molecular complexity index is 155. The molecule has 0 unspecified atom stereocenters. The number of rotatable bonds is 4. The maximum Gasteiger partial charge on any atom is 0.00853 e. The van der Waals surface area contributed by atoms with Gasteiger partial charge in [-0.2, -0.15) is 0 Å². The van der Waals surface area contributed by atoms with E-state index in [0.717, 1.165) is 17.2 Å². The first-order chi connectivity index (χ1) is 6.60. The lowest BCUT2D eigenvalue weighted by Crippen LogP contribution is -2.29. The summed E-state index contributed by atoms with van der Waals surface area (Å²) in [6, 6.07) is 0. The third-order valence-electron chi connectivity index (χ3n) is 3.99. The molecule has 0 atom stereocenters. The summed E-state index contributed by atoms with van der Waals surface area (Å²) in [5.41, 5.74) is 0.511. The molecule has 0 aromatic heterocycles.